The van der Waals surface area contributed by atoms with E-state index in [0.29, 0.717) is 5.95 Å². The van der Waals surface area contributed by atoms with E-state index in [2.05, 4.69) is 21.8 Å². The second kappa shape index (κ2) is 4.44. The highest BCUT2D eigenvalue weighted by Crippen LogP contribution is 2.15. The number of hydrogen-bond acceptors (Lipinski definition) is 5. The Morgan fingerprint density at radius 2 is 2.13 bits per heavy atom. The van der Waals surface area contributed by atoms with Gasteiger partial charge in [-0.15, -0.1) is 0 Å². The molecule has 0 saturated carbocycles. The van der Waals surface area contributed by atoms with E-state index in [1.54, 1.807) is 0 Å². The van der Waals surface area contributed by atoms with Gasteiger partial charge in [0.15, 0.2) is 0 Å². The van der Waals surface area contributed by atoms with E-state index < -0.39 is 0 Å². The topological polar surface area (TPSA) is 64.3 Å². The van der Waals surface area contributed by atoms with Crippen molar-refractivity contribution in [2.24, 2.45) is 0 Å². The van der Waals surface area contributed by atoms with Gasteiger partial charge in [0, 0.05) is 24.8 Å². The summed E-state index contributed by atoms with van der Waals surface area (Å²) < 4.78 is 5.29. The highest BCUT2D eigenvalue weighted by molar-refractivity contribution is 5.43. The lowest BCUT2D eigenvalue weighted by Gasteiger charge is -2.28. The average Bonchev–Trinajstić information content (AvgIpc) is 2.29. The lowest BCUT2D eigenvalue weighted by atomic mass is 10.3. The molecule has 0 amide bonds. The smallest absolute Gasteiger partial charge is 0.222 e. The van der Waals surface area contributed by atoms with Gasteiger partial charge in [-0.1, -0.05) is 6.92 Å². The number of anilines is 2. The third-order valence-electron chi connectivity index (χ3n) is 2.48. The molecule has 0 bridgehead atoms. The fraction of sp³-hybridized carbons (Fsp3) is 0.600. The summed E-state index contributed by atoms with van der Waals surface area (Å²) in [7, 11) is 0. The minimum Gasteiger partial charge on any atom is -0.378 e. The Balaban J connectivity index is 2.22. The molecule has 1 aliphatic heterocycles. The van der Waals surface area contributed by atoms with Crippen LogP contribution in [0.3, 0.4) is 0 Å². The van der Waals surface area contributed by atoms with E-state index in [1.165, 1.54) is 0 Å². The SMILES string of the molecule is CCc1cc(N2CCOCC2)nc(N)n1. The Bertz CT molecular complexity index is 336. The van der Waals surface area contributed by atoms with Gasteiger partial charge in [-0.25, -0.2) is 4.98 Å². The summed E-state index contributed by atoms with van der Waals surface area (Å²) in [4.78, 5) is 10.6. The quantitative estimate of drug-likeness (QED) is 0.764. The van der Waals surface area contributed by atoms with Gasteiger partial charge in [0.1, 0.15) is 5.82 Å². The van der Waals surface area contributed by atoms with Gasteiger partial charge < -0.3 is 15.4 Å². The molecule has 5 nitrogen and oxygen atoms in total. The van der Waals surface area contributed by atoms with Crippen LogP contribution >= 0.6 is 0 Å². The minimum absolute atomic E-state index is 0.357. The van der Waals surface area contributed by atoms with Crippen molar-refractivity contribution in [3.63, 3.8) is 0 Å². The molecule has 1 aromatic rings. The van der Waals surface area contributed by atoms with E-state index in [0.717, 1.165) is 44.2 Å². The van der Waals surface area contributed by atoms with Crippen molar-refractivity contribution >= 4 is 11.8 Å². The molecule has 0 atom stereocenters. The number of ether oxygens (including phenoxy) is 1. The van der Waals surface area contributed by atoms with Crippen LogP contribution in [-0.4, -0.2) is 36.3 Å². The van der Waals surface area contributed by atoms with E-state index in [9.17, 15) is 0 Å². The van der Waals surface area contributed by atoms with Gasteiger partial charge in [-0.2, -0.15) is 4.98 Å². The first kappa shape index (κ1) is 10.2. The van der Waals surface area contributed by atoms with Crippen molar-refractivity contribution < 1.29 is 4.74 Å². The van der Waals surface area contributed by atoms with Crippen LogP contribution in [0.25, 0.3) is 0 Å². The molecule has 82 valence electrons. The summed E-state index contributed by atoms with van der Waals surface area (Å²) in [6.45, 7) is 5.32. The lowest BCUT2D eigenvalue weighted by Crippen LogP contribution is -2.37. The zero-order valence-corrected chi connectivity index (χ0v) is 8.94. The van der Waals surface area contributed by atoms with Gasteiger partial charge >= 0.3 is 0 Å². The second-order valence-corrected chi connectivity index (χ2v) is 3.53. The normalized spacial score (nSPS) is 16.7. The number of aromatic nitrogens is 2. The molecule has 2 heterocycles. The van der Waals surface area contributed by atoms with Crippen molar-refractivity contribution in [1.29, 1.82) is 0 Å². The average molecular weight is 208 g/mol. The van der Waals surface area contributed by atoms with Crippen molar-refractivity contribution in [3.05, 3.63) is 11.8 Å². The van der Waals surface area contributed by atoms with Gasteiger partial charge in [-0.05, 0) is 6.42 Å². The van der Waals surface area contributed by atoms with Gasteiger partial charge in [-0.3, -0.25) is 0 Å². The maximum Gasteiger partial charge on any atom is 0.222 e. The van der Waals surface area contributed by atoms with Crippen molar-refractivity contribution in [2.75, 3.05) is 36.9 Å². The maximum absolute atomic E-state index is 5.66. The summed E-state index contributed by atoms with van der Waals surface area (Å²) in [5, 5.41) is 0. The number of nitrogens with zero attached hydrogens (tertiary/aromatic N) is 3. The van der Waals surface area contributed by atoms with Crippen LogP contribution in [-0.2, 0) is 11.2 Å². The molecule has 1 aromatic heterocycles. The molecule has 0 unspecified atom stereocenters. The van der Waals surface area contributed by atoms with Gasteiger partial charge in [0.05, 0.1) is 13.2 Å². The fourth-order valence-electron chi connectivity index (χ4n) is 1.64. The maximum atomic E-state index is 5.66. The van der Waals surface area contributed by atoms with E-state index in [4.69, 9.17) is 10.5 Å². The molecule has 1 saturated heterocycles. The molecule has 1 fully saturated rings. The molecule has 15 heavy (non-hydrogen) atoms. The van der Waals surface area contributed by atoms with Crippen LogP contribution in [0.5, 0.6) is 0 Å². The first-order valence-corrected chi connectivity index (χ1v) is 5.25. The Hall–Kier alpha value is -1.36. The van der Waals surface area contributed by atoms with Crippen LogP contribution < -0.4 is 10.6 Å². The molecule has 5 heteroatoms. The number of nitrogen functional groups attached to an aromatic ring is 1. The highest BCUT2D eigenvalue weighted by Gasteiger charge is 2.13. The largest absolute Gasteiger partial charge is 0.378 e. The molecular weight excluding hydrogens is 192 g/mol. The van der Waals surface area contributed by atoms with Crippen molar-refractivity contribution in [1.82, 2.24) is 9.97 Å². The zero-order chi connectivity index (χ0) is 10.7. The lowest BCUT2D eigenvalue weighted by molar-refractivity contribution is 0.122. The summed E-state index contributed by atoms with van der Waals surface area (Å²) in [6.07, 6.45) is 0.879. The molecule has 0 aromatic carbocycles. The minimum atomic E-state index is 0.357. The molecular formula is C10H16N4O. The monoisotopic (exact) mass is 208 g/mol. The van der Waals surface area contributed by atoms with E-state index in [-0.39, 0.29) is 0 Å². The predicted molar refractivity (Wildman–Crippen MR) is 58.9 cm³/mol. The number of hydrogen-bond donors (Lipinski definition) is 1. The summed E-state index contributed by atoms with van der Waals surface area (Å²) in [6, 6.07) is 2.00. The van der Waals surface area contributed by atoms with Crippen LogP contribution in [0.4, 0.5) is 11.8 Å². The first-order valence-electron chi connectivity index (χ1n) is 5.25. The van der Waals surface area contributed by atoms with Crippen LogP contribution in [0, 0.1) is 0 Å². The number of nitrogens with two attached hydrogens (primary N) is 1. The number of morpholine rings is 1. The second-order valence-electron chi connectivity index (χ2n) is 3.53. The first-order chi connectivity index (χ1) is 7.29. The van der Waals surface area contributed by atoms with E-state index in [1.807, 2.05) is 6.07 Å². The third kappa shape index (κ3) is 2.36. The molecule has 0 spiro atoms. The standard InChI is InChI=1S/C10H16N4O/c1-2-8-7-9(13-10(11)12-8)14-3-5-15-6-4-14/h7H,2-6H2,1H3,(H2,11,12,13). The van der Waals surface area contributed by atoms with Gasteiger partial charge in [0.2, 0.25) is 5.95 Å². The highest BCUT2D eigenvalue weighted by atomic mass is 16.5. The Labute approximate surface area is 89.3 Å². The number of aryl methyl sites for hydroxylation is 1. The molecule has 0 radical (unpaired) electrons. The Kier molecular flexibility index (Phi) is 3.01. The molecule has 1 aliphatic rings. The third-order valence-corrected chi connectivity index (χ3v) is 2.48. The van der Waals surface area contributed by atoms with Crippen LogP contribution in [0.1, 0.15) is 12.6 Å². The molecule has 2 N–H and O–H groups in total. The van der Waals surface area contributed by atoms with Crippen LogP contribution in [0.15, 0.2) is 6.07 Å². The summed E-state index contributed by atoms with van der Waals surface area (Å²) in [5.41, 5.74) is 6.65. The zero-order valence-electron chi connectivity index (χ0n) is 8.94. The summed E-state index contributed by atoms with van der Waals surface area (Å²) in [5.74, 6) is 1.28. The van der Waals surface area contributed by atoms with Gasteiger partial charge in [0.25, 0.3) is 0 Å². The van der Waals surface area contributed by atoms with Crippen LogP contribution in [0.2, 0.25) is 0 Å². The van der Waals surface area contributed by atoms with Crippen molar-refractivity contribution in [2.45, 2.75) is 13.3 Å². The van der Waals surface area contributed by atoms with E-state index >= 15 is 0 Å². The Morgan fingerprint density at radius 1 is 1.40 bits per heavy atom. The Morgan fingerprint density at radius 3 is 2.80 bits per heavy atom. The number of rotatable bonds is 2. The fourth-order valence-corrected chi connectivity index (χ4v) is 1.64. The predicted octanol–water partition coefficient (Wildman–Crippen LogP) is 0.458. The molecule has 0 aliphatic carbocycles. The molecule has 2 rings (SSSR count). The van der Waals surface area contributed by atoms with Crippen molar-refractivity contribution in [3.8, 4) is 0 Å². The summed E-state index contributed by atoms with van der Waals surface area (Å²) >= 11 is 0.